The lowest BCUT2D eigenvalue weighted by Gasteiger charge is -2.24. The molecule has 1 aromatic heterocycles. The molecule has 7 heteroatoms. The molecular formula is C24H23N3O4. The number of furan rings is 1. The Hall–Kier alpha value is -3.87. The van der Waals surface area contributed by atoms with Gasteiger partial charge in [-0.2, -0.15) is 0 Å². The van der Waals surface area contributed by atoms with Crippen molar-refractivity contribution in [1.29, 1.82) is 0 Å². The summed E-state index contributed by atoms with van der Waals surface area (Å²) in [5.41, 5.74) is 3.24. The Morgan fingerprint density at radius 3 is 2.45 bits per heavy atom. The number of fused-ring (bicyclic) bond motifs is 3. The monoisotopic (exact) mass is 417 g/mol. The molecule has 3 amide bonds. The van der Waals surface area contributed by atoms with Gasteiger partial charge in [0.05, 0.1) is 18.5 Å². The molecule has 1 aliphatic rings. The number of carbonyl (C=O) groups is 3. The first kappa shape index (κ1) is 20.4. The minimum atomic E-state index is -0.981. The van der Waals surface area contributed by atoms with E-state index >= 15 is 0 Å². The number of para-hydroxylation sites is 1. The summed E-state index contributed by atoms with van der Waals surface area (Å²) >= 11 is 0. The zero-order valence-corrected chi connectivity index (χ0v) is 17.3. The lowest BCUT2D eigenvalue weighted by molar-refractivity contribution is -0.136. The van der Waals surface area contributed by atoms with Crippen molar-refractivity contribution in [3.63, 3.8) is 0 Å². The topological polar surface area (TPSA) is 91.6 Å². The van der Waals surface area contributed by atoms with Crippen molar-refractivity contribution in [2.24, 2.45) is 5.92 Å². The van der Waals surface area contributed by atoms with E-state index in [1.54, 1.807) is 24.1 Å². The number of anilines is 1. The molecule has 3 aromatic rings. The molecule has 2 aromatic carbocycles. The summed E-state index contributed by atoms with van der Waals surface area (Å²) in [5.74, 6) is -1.63. The van der Waals surface area contributed by atoms with Crippen LogP contribution in [0.5, 0.6) is 0 Å². The standard InChI is InChI=1S/C24H23N3O4/c1-15(22(28)25-14-16-8-7-13-31-16)23(29)26-21-19-11-4-3-9-17(19)18-10-5-6-12-20(18)27(2)24(21)30/h3-13,15,21H,14H2,1-2H3,(H,25,28)(H,26,29). The van der Waals surface area contributed by atoms with Crippen molar-refractivity contribution in [2.75, 3.05) is 11.9 Å². The fraction of sp³-hybridized carbons (Fsp3) is 0.208. The predicted molar refractivity (Wildman–Crippen MR) is 116 cm³/mol. The Morgan fingerprint density at radius 2 is 1.71 bits per heavy atom. The van der Waals surface area contributed by atoms with Crippen LogP contribution < -0.4 is 15.5 Å². The number of hydrogen-bond donors (Lipinski definition) is 2. The fourth-order valence-electron chi connectivity index (χ4n) is 3.70. The van der Waals surface area contributed by atoms with Crippen LogP contribution in [0, 0.1) is 5.92 Å². The molecule has 1 aliphatic heterocycles. The predicted octanol–water partition coefficient (Wildman–Crippen LogP) is 3.03. The molecule has 0 bridgehead atoms. The summed E-state index contributed by atoms with van der Waals surface area (Å²) in [4.78, 5) is 40.2. The summed E-state index contributed by atoms with van der Waals surface area (Å²) < 4.78 is 5.19. The van der Waals surface area contributed by atoms with Crippen molar-refractivity contribution in [1.82, 2.24) is 10.6 Å². The van der Waals surface area contributed by atoms with Crippen molar-refractivity contribution >= 4 is 23.4 Å². The quantitative estimate of drug-likeness (QED) is 0.624. The molecule has 7 nitrogen and oxygen atoms in total. The number of carbonyl (C=O) groups excluding carboxylic acids is 3. The van der Waals surface area contributed by atoms with Crippen molar-refractivity contribution in [2.45, 2.75) is 19.5 Å². The van der Waals surface area contributed by atoms with Crippen LogP contribution in [0.4, 0.5) is 5.69 Å². The van der Waals surface area contributed by atoms with Gasteiger partial charge < -0.3 is 20.0 Å². The molecule has 0 saturated heterocycles. The van der Waals surface area contributed by atoms with E-state index in [-0.39, 0.29) is 12.5 Å². The second-order valence-electron chi connectivity index (χ2n) is 7.46. The van der Waals surface area contributed by atoms with E-state index in [1.807, 2.05) is 48.5 Å². The first-order valence-corrected chi connectivity index (χ1v) is 10.0. The number of hydrogen-bond acceptors (Lipinski definition) is 4. The number of nitrogens with zero attached hydrogens (tertiary/aromatic N) is 1. The number of likely N-dealkylation sites (N-methyl/N-ethyl adjacent to an activating group) is 1. The van der Waals surface area contributed by atoms with Crippen LogP contribution in [0.2, 0.25) is 0 Å². The summed E-state index contributed by atoms with van der Waals surface area (Å²) in [6.07, 6.45) is 1.52. The molecule has 2 N–H and O–H groups in total. The molecule has 4 rings (SSSR count). The Bertz CT molecular complexity index is 1120. The highest BCUT2D eigenvalue weighted by Gasteiger charge is 2.34. The molecular weight excluding hydrogens is 394 g/mol. The zero-order valence-electron chi connectivity index (χ0n) is 17.3. The van der Waals surface area contributed by atoms with Gasteiger partial charge in [-0.25, -0.2) is 0 Å². The lowest BCUT2D eigenvalue weighted by Crippen LogP contribution is -2.45. The number of amides is 3. The summed E-state index contributed by atoms with van der Waals surface area (Å²) in [6, 6.07) is 17.7. The van der Waals surface area contributed by atoms with E-state index in [9.17, 15) is 14.4 Å². The van der Waals surface area contributed by atoms with E-state index in [4.69, 9.17) is 4.42 Å². The second kappa shape index (κ2) is 8.47. The van der Waals surface area contributed by atoms with Crippen LogP contribution in [-0.4, -0.2) is 24.8 Å². The zero-order chi connectivity index (χ0) is 22.0. The van der Waals surface area contributed by atoms with E-state index in [0.717, 1.165) is 16.8 Å². The van der Waals surface area contributed by atoms with Gasteiger partial charge in [0.2, 0.25) is 11.8 Å². The van der Waals surface area contributed by atoms with Gasteiger partial charge in [0.1, 0.15) is 17.7 Å². The summed E-state index contributed by atoms with van der Waals surface area (Å²) in [5, 5.41) is 5.47. The largest absolute Gasteiger partial charge is 0.467 e. The van der Waals surface area contributed by atoms with Crippen LogP contribution in [0.1, 0.15) is 24.3 Å². The van der Waals surface area contributed by atoms with E-state index < -0.39 is 23.8 Å². The average molecular weight is 417 g/mol. The minimum Gasteiger partial charge on any atom is -0.467 e. The average Bonchev–Trinajstić information content (AvgIpc) is 3.30. The normalized spacial score (nSPS) is 16.0. The fourth-order valence-corrected chi connectivity index (χ4v) is 3.70. The molecule has 2 heterocycles. The van der Waals surface area contributed by atoms with Crippen LogP contribution in [-0.2, 0) is 20.9 Å². The van der Waals surface area contributed by atoms with Gasteiger partial charge in [0.25, 0.3) is 5.91 Å². The summed E-state index contributed by atoms with van der Waals surface area (Å²) in [7, 11) is 1.69. The van der Waals surface area contributed by atoms with E-state index in [2.05, 4.69) is 10.6 Å². The number of benzene rings is 2. The highest BCUT2D eigenvalue weighted by atomic mass is 16.3. The second-order valence-corrected chi connectivity index (χ2v) is 7.46. The van der Waals surface area contributed by atoms with Gasteiger partial charge in [0, 0.05) is 12.6 Å². The van der Waals surface area contributed by atoms with Crippen molar-refractivity contribution < 1.29 is 18.8 Å². The first-order valence-electron chi connectivity index (χ1n) is 10.0. The Morgan fingerprint density at radius 1 is 1.00 bits per heavy atom. The van der Waals surface area contributed by atoms with Gasteiger partial charge >= 0.3 is 0 Å². The maximum atomic E-state index is 13.3. The summed E-state index contributed by atoms with van der Waals surface area (Å²) in [6.45, 7) is 1.70. The van der Waals surface area contributed by atoms with Crippen LogP contribution in [0.3, 0.4) is 0 Å². The molecule has 0 spiro atoms. The first-order chi connectivity index (χ1) is 15.0. The van der Waals surface area contributed by atoms with E-state index in [1.165, 1.54) is 13.2 Å². The SMILES string of the molecule is CC(C(=O)NCc1ccco1)C(=O)NC1C(=O)N(C)c2ccccc2-c2ccccc21. The maximum Gasteiger partial charge on any atom is 0.253 e. The molecule has 0 saturated carbocycles. The van der Waals surface area contributed by atoms with Crippen molar-refractivity contribution in [3.8, 4) is 11.1 Å². The van der Waals surface area contributed by atoms with Gasteiger partial charge in [0.15, 0.2) is 0 Å². The Labute approximate surface area is 180 Å². The van der Waals surface area contributed by atoms with Crippen LogP contribution >= 0.6 is 0 Å². The Balaban J connectivity index is 1.57. The van der Waals surface area contributed by atoms with Crippen molar-refractivity contribution in [3.05, 3.63) is 78.3 Å². The van der Waals surface area contributed by atoms with Gasteiger partial charge in [-0.3, -0.25) is 14.4 Å². The van der Waals surface area contributed by atoms with Gasteiger partial charge in [-0.05, 0) is 36.2 Å². The maximum absolute atomic E-state index is 13.3. The smallest absolute Gasteiger partial charge is 0.253 e. The Kier molecular flexibility index (Phi) is 5.58. The molecule has 0 radical (unpaired) electrons. The highest BCUT2D eigenvalue weighted by Crippen LogP contribution is 2.39. The molecule has 2 atom stereocenters. The lowest BCUT2D eigenvalue weighted by atomic mass is 9.95. The van der Waals surface area contributed by atoms with Gasteiger partial charge in [-0.1, -0.05) is 42.5 Å². The van der Waals surface area contributed by atoms with Gasteiger partial charge in [-0.15, -0.1) is 0 Å². The molecule has 158 valence electrons. The van der Waals surface area contributed by atoms with Crippen LogP contribution in [0.25, 0.3) is 11.1 Å². The highest BCUT2D eigenvalue weighted by molar-refractivity contribution is 6.07. The number of nitrogens with one attached hydrogen (secondary N) is 2. The molecule has 0 fully saturated rings. The third-order valence-corrected chi connectivity index (χ3v) is 5.50. The third-order valence-electron chi connectivity index (χ3n) is 5.50. The molecule has 2 unspecified atom stereocenters. The van der Waals surface area contributed by atoms with E-state index in [0.29, 0.717) is 11.3 Å². The van der Waals surface area contributed by atoms with Crippen LogP contribution in [0.15, 0.2) is 71.3 Å². The molecule has 31 heavy (non-hydrogen) atoms. The third kappa shape index (κ3) is 3.94. The molecule has 0 aliphatic carbocycles. The number of rotatable bonds is 5. The minimum absolute atomic E-state index is 0.187.